The molecular weight excluding hydrogens is 582 g/mol. The van der Waals surface area contributed by atoms with Crippen LogP contribution in [0.4, 0.5) is 5.69 Å². The molecule has 2 aliphatic rings. The molecule has 1 unspecified atom stereocenters. The van der Waals surface area contributed by atoms with Gasteiger partial charge in [-0.05, 0) is 43.2 Å². The summed E-state index contributed by atoms with van der Waals surface area (Å²) in [5.41, 5.74) is 1.86. The van der Waals surface area contributed by atoms with Crippen LogP contribution in [0.15, 0.2) is 48.8 Å². The highest BCUT2D eigenvalue weighted by atomic mass is 16.5. The zero-order valence-electron chi connectivity index (χ0n) is 26.1. The number of carbonyl (C=O) groups excluding carboxylic acids is 5. The summed E-state index contributed by atoms with van der Waals surface area (Å²) in [5, 5.41) is 0. The van der Waals surface area contributed by atoms with Crippen molar-refractivity contribution in [3.63, 3.8) is 0 Å². The van der Waals surface area contributed by atoms with Crippen molar-refractivity contribution in [1.82, 2.24) is 19.7 Å². The minimum absolute atomic E-state index is 0.0672. The van der Waals surface area contributed by atoms with Gasteiger partial charge in [0.1, 0.15) is 18.3 Å². The largest absolute Gasteiger partial charge is 0.497 e. The molecule has 13 heteroatoms. The molecule has 2 atom stereocenters. The van der Waals surface area contributed by atoms with E-state index in [-0.39, 0.29) is 51.4 Å². The summed E-state index contributed by atoms with van der Waals surface area (Å²) < 4.78 is 15.1. The monoisotopic (exact) mass is 623 g/mol. The van der Waals surface area contributed by atoms with Crippen LogP contribution in [0.3, 0.4) is 0 Å². The summed E-state index contributed by atoms with van der Waals surface area (Å²) in [7, 11) is 2.77. The molecule has 2 fully saturated rings. The first-order valence-corrected chi connectivity index (χ1v) is 15.1. The van der Waals surface area contributed by atoms with E-state index in [0.717, 1.165) is 11.3 Å². The molecule has 45 heavy (non-hydrogen) atoms. The molecule has 0 bridgehead atoms. The van der Waals surface area contributed by atoms with Crippen LogP contribution in [0.25, 0.3) is 0 Å². The third-order valence-corrected chi connectivity index (χ3v) is 8.15. The molecule has 4 rings (SSSR count). The Morgan fingerprint density at radius 3 is 2.22 bits per heavy atom. The Bertz CT molecular complexity index is 1330. The molecule has 2 aliphatic heterocycles. The first-order valence-electron chi connectivity index (χ1n) is 15.1. The number of carbonyl (C=O) groups is 5. The predicted octanol–water partition coefficient (Wildman–Crippen LogP) is 1.15. The van der Waals surface area contributed by atoms with E-state index >= 15 is 0 Å². The van der Waals surface area contributed by atoms with E-state index < -0.39 is 35.7 Å². The van der Waals surface area contributed by atoms with Gasteiger partial charge < -0.3 is 33.8 Å². The van der Waals surface area contributed by atoms with E-state index in [0.29, 0.717) is 31.9 Å². The van der Waals surface area contributed by atoms with Crippen molar-refractivity contribution in [3.05, 3.63) is 54.4 Å². The number of anilines is 1. The quantitative estimate of drug-likeness (QED) is 0.317. The summed E-state index contributed by atoms with van der Waals surface area (Å²) in [4.78, 5) is 76.6. The van der Waals surface area contributed by atoms with E-state index in [1.165, 1.54) is 16.9 Å². The number of aromatic nitrogens is 1. The topological polar surface area (TPSA) is 139 Å². The van der Waals surface area contributed by atoms with Gasteiger partial charge in [-0.1, -0.05) is 12.1 Å². The van der Waals surface area contributed by atoms with E-state index in [2.05, 4.69) is 9.88 Å². The van der Waals surface area contributed by atoms with Gasteiger partial charge in [-0.15, -0.1) is 0 Å². The maximum atomic E-state index is 14.2. The number of ether oxygens (including phenoxy) is 3. The molecule has 0 N–H and O–H groups in total. The fraction of sp³-hybridized carbons (Fsp3) is 0.500. The number of nitrogens with zero attached hydrogens (tertiary/aromatic N) is 5. The van der Waals surface area contributed by atoms with E-state index in [1.54, 1.807) is 43.5 Å². The highest BCUT2D eigenvalue weighted by Gasteiger charge is 2.42. The number of hydrogen-bond donors (Lipinski definition) is 0. The van der Waals surface area contributed by atoms with Gasteiger partial charge in [0.05, 0.1) is 33.2 Å². The van der Waals surface area contributed by atoms with Crippen molar-refractivity contribution in [2.45, 2.75) is 32.2 Å². The van der Waals surface area contributed by atoms with Crippen molar-refractivity contribution >= 4 is 35.3 Å². The van der Waals surface area contributed by atoms with Crippen molar-refractivity contribution in [1.29, 1.82) is 0 Å². The van der Waals surface area contributed by atoms with E-state index in [9.17, 15) is 24.0 Å². The Morgan fingerprint density at radius 1 is 0.911 bits per heavy atom. The molecule has 2 aromatic rings. The molecule has 0 spiro atoms. The summed E-state index contributed by atoms with van der Waals surface area (Å²) in [6.07, 6.45) is 3.27. The predicted molar refractivity (Wildman–Crippen MR) is 163 cm³/mol. The maximum Gasteiger partial charge on any atom is 0.325 e. The van der Waals surface area contributed by atoms with E-state index in [4.69, 9.17) is 14.2 Å². The van der Waals surface area contributed by atoms with Crippen molar-refractivity contribution < 1.29 is 38.2 Å². The Morgan fingerprint density at radius 2 is 1.60 bits per heavy atom. The lowest BCUT2D eigenvalue weighted by atomic mass is 9.92. The molecule has 3 heterocycles. The van der Waals surface area contributed by atoms with Crippen LogP contribution in [0, 0.1) is 5.92 Å². The zero-order chi connectivity index (χ0) is 32.3. The standard InChI is InChI=1S/C32H41N5O8/c1-4-45-30(40)22-36-17-18-37(27(32(36)42)21-29(39)44-3)31(41)24(19-23-5-7-26(43-2)8-6-23)20-28(38)35-15-13-34(14-16-35)25-9-11-33-12-10-25/h5-12,24,27H,4,13-22H2,1-3H3/t24?,27-/m0/s1. The molecule has 1 aromatic heterocycles. The molecule has 0 aliphatic carbocycles. The lowest BCUT2D eigenvalue weighted by Crippen LogP contribution is -2.61. The van der Waals surface area contributed by atoms with Gasteiger partial charge in [-0.2, -0.15) is 0 Å². The first kappa shape index (κ1) is 33.2. The van der Waals surface area contributed by atoms with Crippen LogP contribution < -0.4 is 9.64 Å². The van der Waals surface area contributed by atoms with Crippen LogP contribution in [-0.4, -0.2) is 122 Å². The second kappa shape index (κ2) is 15.9. The Kier molecular flexibility index (Phi) is 11.7. The zero-order valence-corrected chi connectivity index (χ0v) is 26.1. The van der Waals surface area contributed by atoms with Crippen LogP contribution in [0.2, 0.25) is 0 Å². The average molecular weight is 624 g/mol. The molecule has 13 nitrogen and oxygen atoms in total. The lowest BCUT2D eigenvalue weighted by molar-refractivity contribution is -0.161. The molecule has 0 saturated carbocycles. The fourth-order valence-corrected chi connectivity index (χ4v) is 5.70. The Hall–Kier alpha value is -4.68. The van der Waals surface area contributed by atoms with Crippen LogP contribution in [0.5, 0.6) is 5.75 Å². The third-order valence-electron chi connectivity index (χ3n) is 8.15. The number of esters is 2. The highest BCUT2D eigenvalue weighted by molar-refractivity contribution is 5.95. The second-order valence-corrected chi connectivity index (χ2v) is 10.9. The number of hydrogen-bond acceptors (Lipinski definition) is 10. The Labute approximate surface area is 263 Å². The van der Waals surface area contributed by atoms with Gasteiger partial charge >= 0.3 is 11.9 Å². The van der Waals surface area contributed by atoms with Gasteiger partial charge in [0.15, 0.2) is 0 Å². The minimum atomic E-state index is -1.18. The summed E-state index contributed by atoms with van der Waals surface area (Å²) in [5.74, 6) is -2.50. The van der Waals surface area contributed by atoms with Gasteiger partial charge in [-0.3, -0.25) is 29.0 Å². The molecule has 2 saturated heterocycles. The molecule has 3 amide bonds. The first-order chi connectivity index (χ1) is 21.7. The van der Waals surface area contributed by atoms with Crippen LogP contribution in [0.1, 0.15) is 25.3 Å². The van der Waals surface area contributed by atoms with Gasteiger partial charge in [0.25, 0.3) is 0 Å². The minimum Gasteiger partial charge on any atom is -0.497 e. The SMILES string of the molecule is CCOC(=O)CN1CCN(C(=O)C(CC(=O)N2CCN(c3ccncc3)CC2)Cc2ccc(OC)cc2)[C@@H](CC(=O)OC)C1=O. The third kappa shape index (κ3) is 8.70. The van der Waals surface area contributed by atoms with Crippen molar-refractivity contribution in [2.75, 3.05) is 71.5 Å². The number of rotatable bonds is 12. The maximum absolute atomic E-state index is 14.2. The van der Waals surface area contributed by atoms with Crippen LogP contribution >= 0.6 is 0 Å². The van der Waals surface area contributed by atoms with E-state index in [1.807, 2.05) is 24.3 Å². The fourth-order valence-electron chi connectivity index (χ4n) is 5.70. The Balaban J connectivity index is 1.53. The van der Waals surface area contributed by atoms with Crippen LogP contribution in [-0.2, 0) is 39.9 Å². The van der Waals surface area contributed by atoms with Crippen molar-refractivity contribution in [2.24, 2.45) is 5.92 Å². The smallest absolute Gasteiger partial charge is 0.325 e. The number of pyridine rings is 1. The van der Waals surface area contributed by atoms with Gasteiger partial charge in [0.2, 0.25) is 17.7 Å². The highest BCUT2D eigenvalue weighted by Crippen LogP contribution is 2.25. The number of amides is 3. The number of piperazine rings is 2. The number of methoxy groups -OCH3 is 2. The second-order valence-electron chi connectivity index (χ2n) is 10.9. The molecule has 0 radical (unpaired) electrons. The number of benzene rings is 1. The molecular formula is C32H41N5O8. The normalized spacial score (nSPS) is 17.5. The summed E-state index contributed by atoms with van der Waals surface area (Å²) >= 11 is 0. The summed E-state index contributed by atoms with van der Waals surface area (Å²) in [6, 6.07) is 9.94. The lowest BCUT2D eigenvalue weighted by Gasteiger charge is -2.41. The van der Waals surface area contributed by atoms with Gasteiger partial charge in [-0.25, -0.2) is 0 Å². The molecule has 242 valence electrons. The van der Waals surface area contributed by atoms with Crippen molar-refractivity contribution in [3.8, 4) is 5.75 Å². The average Bonchev–Trinajstić information content (AvgIpc) is 3.06. The molecule has 1 aromatic carbocycles. The summed E-state index contributed by atoms with van der Waals surface area (Å²) in [6.45, 7) is 4.01. The van der Waals surface area contributed by atoms with Gasteiger partial charge in [0, 0.05) is 63.8 Å².